The van der Waals surface area contributed by atoms with E-state index in [9.17, 15) is 54.4 Å². The normalized spacial score (nSPS) is 39.9. The Kier molecular flexibility index (Phi) is 15.3. The summed E-state index contributed by atoms with van der Waals surface area (Å²) >= 11 is 0. The third-order valence-corrected chi connectivity index (χ3v) is 10.2. The zero-order valence-corrected chi connectivity index (χ0v) is 28.6. The van der Waals surface area contributed by atoms with Crippen LogP contribution in [0.1, 0.15) is 25.8 Å². The Morgan fingerprint density at radius 1 is 0.740 bits per heavy atom. The second-order valence-electron chi connectivity index (χ2n) is 13.1. The van der Waals surface area contributed by atoms with Gasteiger partial charge >= 0.3 is 0 Å². The number of ether oxygens (including phenoxy) is 6. The maximum Gasteiger partial charge on any atom is 0.215 e. The highest BCUT2D eigenvalue weighted by atomic mass is 32.2. The molecule has 3 heterocycles. The van der Waals surface area contributed by atoms with Crippen molar-refractivity contribution in [3.63, 3.8) is 0 Å². The molecule has 0 saturated carbocycles. The minimum atomic E-state index is -3.57. The van der Waals surface area contributed by atoms with Crippen molar-refractivity contribution in [3.05, 3.63) is 35.9 Å². The lowest BCUT2D eigenvalue weighted by atomic mass is 9.89. The first-order valence-corrected chi connectivity index (χ1v) is 18.2. The third kappa shape index (κ3) is 10.4. The smallest absolute Gasteiger partial charge is 0.215 e. The third-order valence-electron chi connectivity index (χ3n) is 8.88. The molecule has 19 heteroatoms. The number of hydrogen-bond donors (Lipinski definition) is 10. The van der Waals surface area contributed by atoms with Crippen molar-refractivity contribution in [2.45, 2.75) is 118 Å². The molecule has 10 N–H and O–H groups in total. The molecule has 0 radical (unpaired) electrons. The molecule has 1 aromatic carbocycles. The molecule has 3 saturated heterocycles. The van der Waals surface area contributed by atoms with Crippen LogP contribution >= 0.6 is 0 Å². The van der Waals surface area contributed by atoms with Crippen LogP contribution in [0.2, 0.25) is 0 Å². The molecule has 3 aliphatic heterocycles. The lowest BCUT2D eigenvalue weighted by Gasteiger charge is -2.47. The van der Waals surface area contributed by atoms with Crippen LogP contribution in [-0.4, -0.2) is 179 Å². The molecule has 0 amide bonds. The van der Waals surface area contributed by atoms with Gasteiger partial charge in [-0.3, -0.25) is 0 Å². The van der Waals surface area contributed by atoms with E-state index >= 15 is 0 Å². The Morgan fingerprint density at radius 3 is 1.98 bits per heavy atom. The standard InChI is InChI=1S/C31H51NO17S/c1-15(2)28-27(41)29(49-31-26(40)23(37)20(34)17(11-33)47-31)22(36)19(46-28)13-45-30-25(39)24(38)21(35)18(48-30)12-44-10-6-9-32-50(42,43)14-16-7-4-3-5-8-16/h3-5,7-8,15,17-41H,6,9-14H2,1-2H3. The monoisotopic (exact) mass is 741 g/mol. The maximum absolute atomic E-state index is 12.3. The first kappa shape index (κ1) is 41.3. The van der Waals surface area contributed by atoms with Gasteiger partial charge in [0.2, 0.25) is 10.0 Å². The minimum absolute atomic E-state index is 0.0709. The van der Waals surface area contributed by atoms with Gasteiger partial charge in [-0.25, -0.2) is 13.1 Å². The van der Waals surface area contributed by atoms with Crippen molar-refractivity contribution in [2.75, 3.05) is 33.0 Å². The van der Waals surface area contributed by atoms with Gasteiger partial charge in [-0.1, -0.05) is 44.2 Å². The SMILES string of the molecule is CC(C)C1OC(COC2OC(COCCCNS(=O)(=O)Cc3ccccc3)C(O)C(O)C2O)C(O)C(OC2OC(CO)C(O)C(O)C2O)C1O. The zero-order chi connectivity index (χ0) is 36.7. The van der Waals surface area contributed by atoms with Crippen molar-refractivity contribution in [2.24, 2.45) is 5.92 Å². The molecule has 0 bridgehead atoms. The van der Waals surface area contributed by atoms with E-state index < -0.39 is 115 Å². The number of benzene rings is 1. The van der Waals surface area contributed by atoms with Gasteiger partial charge in [0.15, 0.2) is 12.6 Å². The minimum Gasteiger partial charge on any atom is -0.394 e. The topological polar surface area (TPSA) is 284 Å². The van der Waals surface area contributed by atoms with Gasteiger partial charge in [0.1, 0.15) is 73.2 Å². The van der Waals surface area contributed by atoms with E-state index in [-0.39, 0.29) is 37.9 Å². The Labute approximate surface area is 290 Å². The molecular weight excluding hydrogens is 690 g/mol. The molecule has 1 aromatic rings. The lowest BCUT2D eigenvalue weighted by molar-refractivity contribution is -0.349. The Bertz CT molecular complexity index is 1260. The summed E-state index contributed by atoms with van der Waals surface area (Å²) in [6, 6.07) is 8.68. The molecule has 0 aromatic heterocycles. The first-order chi connectivity index (χ1) is 23.6. The van der Waals surface area contributed by atoms with Gasteiger partial charge < -0.3 is 74.4 Å². The number of aliphatic hydroxyl groups excluding tert-OH is 9. The van der Waals surface area contributed by atoms with Crippen LogP contribution in [0.4, 0.5) is 0 Å². The summed E-state index contributed by atoms with van der Waals surface area (Å²) in [6.07, 6.45) is -22.4. The number of aliphatic hydroxyl groups is 9. The fourth-order valence-corrected chi connectivity index (χ4v) is 7.16. The average molecular weight is 742 g/mol. The summed E-state index contributed by atoms with van der Waals surface area (Å²) in [6.45, 7) is 2.17. The van der Waals surface area contributed by atoms with Gasteiger partial charge in [-0.05, 0) is 17.9 Å². The van der Waals surface area contributed by atoms with Crippen LogP contribution in [0, 0.1) is 5.92 Å². The van der Waals surface area contributed by atoms with Gasteiger partial charge in [0, 0.05) is 13.2 Å². The molecule has 15 atom stereocenters. The Balaban J connectivity index is 1.30. The second kappa shape index (κ2) is 18.5. The predicted octanol–water partition coefficient (Wildman–Crippen LogP) is -4.33. The second-order valence-corrected chi connectivity index (χ2v) is 14.9. The highest BCUT2D eigenvalue weighted by Crippen LogP contribution is 2.32. The van der Waals surface area contributed by atoms with Gasteiger partial charge in [-0.2, -0.15) is 0 Å². The van der Waals surface area contributed by atoms with Gasteiger partial charge in [-0.15, -0.1) is 0 Å². The van der Waals surface area contributed by atoms with Crippen molar-refractivity contribution >= 4 is 10.0 Å². The summed E-state index contributed by atoms with van der Waals surface area (Å²) < 4.78 is 61.0. The molecule has 18 nitrogen and oxygen atoms in total. The molecule has 0 spiro atoms. The summed E-state index contributed by atoms with van der Waals surface area (Å²) in [7, 11) is -3.57. The summed E-state index contributed by atoms with van der Waals surface area (Å²) in [4.78, 5) is 0. The number of nitrogens with one attached hydrogen (secondary N) is 1. The van der Waals surface area contributed by atoms with Crippen molar-refractivity contribution in [1.29, 1.82) is 0 Å². The van der Waals surface area contributed by atoms with Crippen molar-refractivity contribution in [3.8, 4) is 0 Å². The summed E-state index contributed by atoms with van der Waals surface area (Å²) in [5, 5.41) is 93.9. The van der Waals surface area contributed by atoms with Crippen LogP contribution in [0.5, 0.6) is 0 Å². The maximum atomic E-state index is 12.3. The van der Waals surface area contributed by atoms with E-state index in [1.54, 1.807) is 44.2 Å². The van der Waals surface area contributed by atoms with E-state index in [1.165, 1.54) is 0 Å². The van der Waals surface area contributed by atoms with Gasteiger partial charge in [0.25, 0.3) is 0 Å². The quantitative estimate of drug-likeness (QED) is 0.0717. The summed E-state index contributed by atoms with van der Waals surface area (Å²) in [5.74, 6) is -0.513. The van der Waals surface area contributed by atoms with E-state index in [0.29, 0.717) is 5.56 Å². The van der Waals surface area contributed by atoms with Crippen LogP contribution in [-0.2, 0) is 44.2 Å². The van der Waals surface area contributed by atoms with Crippen LogP contribution in [0.15, 0.2) is 30.3 Å². The Morgan fingerprint density at radius 2 is 1.34 bits per heavy atom. The number of hydrogen-bond acceptors (Lipinski definition) is 17. The Hall–Kier alpha value is -1.47. The fourth-order valence-electron chi connectivity index (χ4n) is 5.98. The fraction of sp³-hybridized carbons (Fsp3) is 0.806. The molecule has 15 unspecified atom stereocenters. The first-order valence-electron chi connectivity index (χ1n) is 16.5. The molecule has 0 aliphatic carbocycles. The van der Waals surface area contributed by atoms with Crippen LogP contribution in [0.3, 0.4) is 0 Å². The molecule has 288 valence electrons. The van der Waals surface area contributed by atoms with E-state index in [4.69, 9.17) is 28.4 Å². The lowest BCUT2D eigenvalue weighted by Crippen LogP contribution is -2.65. The zero-order valence-electron chi connectivity index (χ0n) is 27.8. The predicted molar refractivity (Wildman–Crippen MR) is 169 cm³/mol. The van der Waals surface area contributed by atoms with E-state index in [1.807, 2.05) is 0 Å². The average Bonchev–Trinajstić information content (AvgIpc) is 3.08. The van der Waals surface area contributed by atoms with E-state index in [2.05, 4.69) is 4.72 Å². The molecule has 3 fully saturated rings. The van der Waals surface area contributed by atoms with Crippen LogP contribution < -0.4 is 4.72 Å². The summed E-state index contributed by atoms with van der Waals surface area (Å²) in [5.41, 5.74) is 0.639. The largest absolute Gasteiger partial charge is 0.394 e. The number of rotatable bonds is 16. The molecule has 3 aliphatic rings. The molecular formula is C31H51NO17S. The molecule has 50 heavy (non-hydrogen) atoms. The van der Waals surface area contributed by atoms with Crippen molar-refractivity contribution in [1.82, 2.24) is 4.72 Å². The molecule has 4 rings (SSSR count). The number of sulfonamides is 1. The van der Waals surface area contributed by atoms with E-state index in [0.717, 1.165) is 0 Å². The highest BCUT2D eigenvalue weighted by Gasteiger charge is 2.52. The highest BCUT2D eigenvalue weighted by molar-refractivity contribution is 7.88. The van der Waals surface area contributed by atoms with Crippen LogP contribution in [0.25, 0.3) is 0 Å². The van der Waals surface area contributed by atoms with Crippen molar-refractivity contribution < 1.29 is 82.8 Å². The van der Waals surface area contributed by atoms with Gasteiger partial charge in [0.05, 0.1) is 31.7 Å².